The number of halogens is 1. The molecule has 1 saturated heterocycles. The molecule has 1 aliphatic rings. The summed E-state index contributed by atoms with van der Waals surface area (Å²) in [7, 11) is 0. The van der Waals surface area contributed by atoms with Crippen molar-refractivity contribution >= 4 is 18.3 Å². The van der Waals surface area contributed by atoms with Gasteiger partial charge in [-0.25, -0.2) is 0 Å². The van der Waals surface area contributed by atoms with Gasteiger partial charge in [0, 0.05) is 25.7 Å². The largest absolute Gasteiger partial charge is 0.492 e. The number of benzene rings is 1. The summed E-state index contributed by atoms with van der Waals surface area (Å²) >= 11 is 0. The minimum absolute atomic E-state index is 0. The standard InChI is InChI=1S/C18H29N3O2.ClH/c1-14(2)16-4-6-17(7-5-16)23-11-9-20-18(22)13-21-10-8-19-12-15(21)3;/h4-7,14-15,19H,8-13H2,1-3H3,(H,20,22);1H/t15-;/m1./s1. The van der Waals surface area contributed by atoms with Crippen LogP contribution in [0.5, 0.6) is 5.75 Å². The van der Waals surface area contributed by atoms with Gasteiger partial charge in [-0.3, -0.25) is 9.69 Å². The number of nitrogens with zero attached hydrogens (tertiary/aromatic N) is 1. The molecule has 1 aromatic carbocycles. The number of piperazine rings is 1. The van der Waals surface area contributed by atoms with Crippen LogP contribution in [0.1, 0.15) is 32.3 Å². The van der Waals surface area contributed by atoms with Gasteiger partial charge in [-0.2, -0.15) is 0 Å². The highest BCUT2D eigenvalue weighted by Gasteiger charge is 2.19. The third kappa shape index (κ3) is 6.67. The van der Waals surface area contributed by atoms with Crippen LogP contribution in [0.4, 0.5) is 0 Å². The van der Waals surface area contributed by atoms with Gasteiger partial charge in [-0.05, 0) is 30.5 Å². The molecule has 24 heavy (non-hydrogen) atoms. The Balaban J connectivity index is 0.00000288. The van der Waals surface area contributed by atoms with E-state index in [9.17, 15) is 4.79 Å². The number of carbonyl (C=O) groups is 1. The molecule has 0 unspecified atom stereocenters. The Kier molecular flexibility index (Phi) is 9.11. The molecule has 0 aromatic heterocycles. The lowest BCUT2D eigenvalue weighted by atomic mass is 10.0. The van der Waals surface area contributed by atoms with E-state index in [4.69, 9.17) is 4.74 Å². The summed E-state index contributed by atoms with van der Waals surface area (Å²) in [5.74, 6) is 1.44. The van der Waals surface area contributed by atoms with Crippen LogP contribution < -0.4 is 15.4 Å². The number of carbonyl (C=O) groups excluding carboxylic acids is 1. The normalized spacial score (nSPS) is 18.1. The van der Waals surface area contributed by atoms with E-state index in [1.165, 1.54) is 5.56 Å². The molecule has 0 aliphatic carbocycles. The fourth-order valence-corrected chi connectivity index (χ4v) is 2.67. The molecule has 1 aliphatic heterocycles. The van der Waals surface area contributed by atoms with Gasteiger partial charge in [-0.15, -0.1) is 12.4 Å². The van der Waals surface area contributed by atoms with Crippen LogP contribution in [0.25, 0.3) is 0 Å². The third-order valence-electron chi connectivity index (χ3n) is 4.23. The fourth-order valence-electron chi connectivity index (χ4n) is 2.67. The summed E-state index contributed by atoms with van der Waals surface area (Å²) in [6, 6.07) is 8.55. The van der Waals surface area contributed by atoms with E-state index in [1.54, 1.807) is 0 Å². The van der Waals surface area contributed by atoms with Crippen LogP contribution in [0, 0.1) is 0 Å². The van der Waals surface area contributed by atoms with E-state index in [2.05, 4.69) is 48.4 Å². The first-order valence-electron chi connectivity index (χ1n) is 8.50. The number of rotatable bonds is 7. The van der Waals surface area contributed by atoms with E-state index in [0.717, 1.165) is 25.4 Å². The maximum absolute atomic E-state index is 12.0. The van der Waals surface area contributed by atoms with Crippen LogP contribution in [0.2, 0.25) is 0 Å². The van der Waals surface area contributed by atoms with Gasteiger partial charge < -0.3 is 15.4 Å². The van der Waals surface area contributed by atoms with E-state index in [1.807, 2.05) is 12.1 Å². The summed E-state index contributed by atoms with van der Waals surface area (Å²) in [6.07, 6.45) is 0. The van der Waals surface area contributed by atoms with Crippen molar-refractivity contribution in [2.45, 2.75) is 32.7 Å². The topological polar surface area (TPSA) is 53.6 Å². The van der Waals surface area contributed by atoms with Gasteiger partial charge in [-0.1, -0.05) is 26.0 Å². The van der Waals surface area contributed by atoms with Gasteiger partial charge in [0.15, 0.2) is 0 Å². The van der Waals surface area contributed by atoms with Crippen molar-refractivity contribution in [1.29, 1.82) is 0 Å². The highest BCUT2D eigenvalue weighted by atomic mass is 35.5. The zero-order chi connectivity index (χ0) is 16.7. The molecule has 2 N–H and O–H groups in total. The lowest BCUT2D eigenvalue weighted by Crippen LogP contribution is -2.52. The molecule has 0 spiro atoms. The molecule has 1 aromatic rings. The van der Waals surface area contributed by atoms with Crippen LogP contribution in [-0.2, 0) is 4.79 Å². The summed E-state index contributed by atoms with van der Waals surface area (Å²) in [5, 5.41) is 6.25. The smallest absolute Gasteiger partial charge is 0.234 e. The molecule has 1 fully saturated rings. The maximum Gasteiger partial charge on any atom is 0.234 e. The van der Waals surface area contributed by atoms with Crippen LogP contribution >= 0.6 is 12.4 Å². The molecular formula is C18H30ClN3O2. The summed E-state index contributed by atoms with van der Waals surface area (Å²) in [5.41, 5.74) is 1.30. The van der Waals surface area contributed by atoms with Crippen molar-refractivity contribution in [3.8, 4) is 5.75 Å². The predicted octanol–water partition coefficient (Wildman–Crippen LogP) is 2.02. The van der Waals surface area contributed by atoms with Crippen LogP contribution in [-0.4, -0.2) is 56.2 Å². The molecule has 5 nitrogen and oxygen atoms in total. The first-order chi connectivity index (χ1) is 11.1. The van der Waals surface area contributed by atoms with Gasteiger partial charge in [0.2, 0.25) is 5.91 Å². The Labute approximate surface area is 151 Å². The first-order valence-corrected chi connectivity index (χ1v) is 8.50. The Morgan fingerprint density at radius 1 is 1.38 bits per heavy atom. The molecule has 0 radical (unpaired) electrons. The predicted molar refractivity (Wildman–Crippen MR) is 100 cm³/mol. The number of ether oxygens (including phenoxy) is 1. The molecule has 1 heterocycles. The van der Waals surface area contributed by atoms with E-state index < -0.39 is 0 Å². The number of amides is 1. The quantitative estimate of drug-likeness (QED) is 0.735. The van der Waals surface area contributed by atoms with Gasteiger partial charge in [0.1, 0.15) is 12.4 Å². The summed E-state index contributed by atoms with van der Waals surface area (Å²) in [6.45, 7) is 10.8. The van der Waals surface area contributed by atoms with Gasteiger partial charge in [0.05, 0.1) is 13.1 Å². The fraction of sp³-hybridized carbons (Fsp3) is 0.611. The second-order valence-corrected chi connectivity index (χ2v) is 6.45. The van der Waals surface area contributed by atoms with E-state index in [0.29, 0.717) is 31.7 Å². The SMILES string of the molecule is CC(C)c1ccc(OCCNC(=O)CN2CCNC[C@H]2C)cc1.Cl. The van der Waals surface area contributed by atoms with Crippen molar-refractivity contribution in [1.82, 2.24) is 15.5 Å². The average molecular weight is 356 g/mol. The molecule has 6 heteroatoms. The van der Waals surface area contributed by atoms with Crippen molar-refractivity contribution < 1.29 is 9.53 Å². The first kappa shape index (κ1) is 20.7. The van der Waals surface area contributed by atoms with E-state index >= 15 is 0 Å². The molecule has 0 bridgehead atoms. The molecule has 1 amide bonds. The van der Waals surface area contributed by atoms with Gasteiger partial charge >= 0.3 is 0 Å². The molecule has 136 valence electrons. The average Bonchev–Trinajstić information content (AvgIpc) is 2.54. The second-order valence-electron chi connectivity index (χ2n) is 6.45. The zero-order valence-corrected chi connectivity index (χ0v) is 15.7. The van der Waals surface area contributed by atoms with Crippen molar-refractivity contribution in [2.75, 3.05) is 39.3 Å². The highest BCUT2D eigenvalue weighted by Crippen LogP contribution is 2.18. The molecule has 0 saturated carbocycles. The number of hydrogen-bond donors (Lipinski definition) is 2. The Hall–Kier alpha value is -1.30. The maximum atomic E-state index is 12.0. The number of hydrogen-bond acceptors (Lipinski definition) is 4. The Morgan fingerprint density at radius 3 is 2.71 bits per heavy atom. The Morgan fingerprint density at radius 2 is 2.08 bits per heavy atom. The molecule has 2 rings (SSSR count). The van der Waals surface area contributed by atoms with Gasteiger partial charge in [0.25, 0.3) is 0 Å². The monoisotopic (exact) mass is 355 g/mol. The minimum atomic E-state index is 0. The lowest BCUT2D eigenvalue weighted by molar-refractivity contribution is -0.123. The van der Waals surface area contributed by atoms with Crippen molar-refractivity contribution in [3.05, 3.63) is 29.8 Å². The highest BCUT2D eigenvalue weighted by molar-refractivity contribution is 5.85. The minimum Gasteiger partial charge on any atom is -0.492 e. The van der Waals surface area contributed by atoms with Crippen molar-refractivity contribution in [3.63, 3.8) is 0 Å². The van der Waals surface area contributed by atoms with Crippen LogP contribution in [0.15, 0.2) is 24.3 Å². The Bertz CT molecular complexity index is 494. The lowest BCUT2D eigenvalue weighted by Gasteiger charge is -2.33. The number of nitrogens with one attached hydrogen (secondary N) is 2. The van der Waals surface area contributed by atoms with E-state index in [-0.39, 0.29) is 18.3 Å². The summed E-state index contributed by atoms with van der Waals surface area (Å²) < 4.78 is 5.66. The zero-order valence-electron chi connectivity index (χ0n) is 14.9. The summed E-state index contributed by atoms with van der Waals surface area (Å²) in [4.78, 5) is 14.2. The molecule has 1 atom stereocenters. The third-order valence-corrected chi connectivity index (χ3v) is 4.23. The van der Waals surface area contributed by atoms with Crippen molar-refractivity contribution in [2.24, 2.45) is 0 Å². The molecular weight excluding hydrogens is 326 g/mol. The van der Waals surface area contributed by atoms with Crippen LogP contribution in [0.3, 0.4) is 0 Å². The second kappa shape index (κ2) is 10.5.